The van der Waals surface area contributed by atoms with Crippen molar-refractivity contribution in [3.63, 3.8) is 0 Å². The Balaban J connectivity index is 1.45. The first-order valence-corrected chi connectivity index (χ1v) is 14.0. The molecule has 0 aliphatic carbocycles. The Morgan fingerprint density at radius 2 is 2.00 bits per heavy atom. The highest BCUT2D eigenvalue weighted by atomic mass is 35.5. The zero-order chi connectivity index (χ0) is 30.0. The van der Waals surface area contributed by atoms with E-state index < -0.39 is 36.0 Å². The number of fused-ring (bicyclic) bond motifs is 4. The summed E-state index contributed by atoms with van der Waals surface area (Å²) in [6, 6.07) is 6.67. The molecule has 42 heavy (non-hydrogen) atoms. The quantitative estimate of drug-likeness (QED) is 0.279. The lowest BCUT2D eigenvalue weighted by Crippen LogP contribution is -2.42. The number of ether oxygens (including phenoxy) is 2. The number of H-pyrrole nitrogens is 1. The van der Waals surface area contributed by atoms with Crippen LogP contribution in [0.25, 0.3) is 11.3 Å². The molecule has 1 fully saturated rings. The van der Waals surface area contributed by atoms with Gasteiger partial charge in [0.15, 0.2) is 5.82 Å². The molecule has 2 bridgehead atoms. The van der Waals surface area contributed by atoms with Crippen molar-refractivity contribution >= 4 is 41.1 Å². The first-order valence-electron chi connectivity index (χ1n) is 13.6. The van der Waals surface area contributed by atoms with E-state index in [0.717, 1.165) is 12.1 Å². The highest BCUT2D eigenvalue weighted by molar-refractivity contribution is 6.30. The van der Waals surface area contributed by atoms with Crippen molar-refractivity contribution in [1.29, 1.82) is 0 Å². The van der Waals surface area contributed by atoms with Crippen LogP contribution < -0.4 is 10.6 Å². The van der Waals surface area contributed by atoms with Crippen molar-refractivity contribution in [2.75, 3.05) is 24.3 Å². The third kappa shape index (κ3) is 6.18. The van der Waals surface area contributed by atoms with Crippen molar-refractivity contribution < 1.29 is 32.6 Å². The number of amides is 3. The van der Waals surface area contributed by atoms with Crippen LogP contribution in [-0.4, -0.2) is 46.6 Å². The van der Waals surface area contributed by atoms with E-state index >= 15 is 0 Å². The summed E-state index contributed by atoms with van der Waals surface area (Å²) in [6.45, 7) is 2.15. The van der Waals surface area contributed by atoms with Gasteiger partial charge in [-0.3, -0.25) is 15.0 Å². The van der Waals surface area contributed by atoms with Gasteiger partial charge in [-0.1, -0.05) is 31.4 Å². The Bertz CT molecular complexity index is 1520. The predicted molar refractivity (Wildman–Crippen MR) is 151 cm³/mol. The molecule has 2 aliphatic rings. The number of halogens is 3. The van der Waals surface area contributed by atoms with E-state index in [-0.39, 0.29) is 41.8 Å². The first kappa shape index (κ1) is 29.3. The number of cyclic esters (lactones) is 1. The second kappa shape index (κ2) is 12.4. The van der Waals surface area contributed by atoms with Crippen LogP contribution in [0.1, 0.15) is 62.6 Å². The third-order valence-electron chi connectivity index (χ3n) is 7.52. The third-order valence-corrected chi connectivity index (χ3v) is 7.81. The fourth-order valence-electron chi connectivity index (χ4n) is 5.41. The van der Waals surface area contributed by atoms with E-state index in [9.17, 15) is 23.2 Å². The zero-order valence-electron chi connectivity index (χ0n) is 23.0. The minimum absolute atomic E-state index is 0.0454. The number of nitrogens with zero attached hydrogens (tertiary/aromatic N) is 2. The van der Waals surface area contributed by atoms with Gasteiger partial charge in [0, 0.05) is 30.6 Å². The van der Waals surface area contributed by atoms with Gasteiger partial charge in [0.05, 0.1) is 41.3 Å². The molecule has 5 rings (SSSR count). The number of methoxy groups -OCH3 is 1. The van der Waals surface area contributed by atoms with Gasteiger partial charge < -0.3 is 19.8 Å². The molecule has 3 amide bonds. The van der Waals surface area contributed by atoms with Crippen molar-refractivity contribution in [2.45, 2.75) is 51.2 Å². The molecule has 0 saturated carbocycles. The number of nitrogens with one attached hydrogen (secondary N) is 3. The van der Waals surface area contributed by atoms with Crippen molar-refractivity contribution in [1.82, 2.24) is 14.9 Å². The molecule has 2 aliphatic heterocycles. The minimum Gasteiger partial charge on any atom is -0.453 e. The summed E-state index contributed by atoms with van der Waals surface area (Å²) in [7, 11) is 1.25. The summed E-state index contributed by atoms with van der Waals surface area (Å²) in [5, 5.41) is 5.28. The van der Waals surface area contributed by atoms with Gasteiger partial charge >= 0.3 is 12.2 Å². The van der Waals surface area contributed by atoms with Crippen LogP contribution >= 0.6 is 11.6 Å². The van der Waals surface area contributed by atoms with Crippen LogP contribution in [0.4, 0.5) is 29.7 Å². The number of benzene rings is 2. The number of rotatable bonds is 3. The van der Waals surface area contributed by atoms with Crippen LogP contribution in [0.5, 0.6) is 0 Å². The fraction of sp³-hybridized carbons (Fsp3) is 0.379. The van der Waals surface area contributed by atoms with Gasteiger partial charge in [-0.15, -0.1) is 0 Å². The predicted octanol–water partition coefficient (Wildman–Crippen LogP) is 6.96. The highest BCUT2D eigenvalue weighted by Crippen LogP contribution is 2.38. The lowest BCUT2D eigenvalue weighted by molar-refractivity contribution is -0.117. The molecule has 3 unspecified atom stereocenters. The van der Waals surface area contributed by atoms with Crippen LogP contribution in [0, 0.1) is 17.6 Å². The average molecular weight is 602 g/mol. The van der Waals surface area contributed by atoms with E-state index in [2.05, 4.69) is 25.3 Å². The van der Waals surface area contributed by atoms with Crippen LogP contribution in [-0.2, 0) is 14.3 Å². The SMILES string of the molecule is COC(=O)Nc1ccc2c(c1)NC(=O)CC(C)CCCC(N1CCC(c3c(F)ccc(Cl)c3F)OC1=O)c1ncc-2[nH]1. The molecule has 222 valence electrons. The largest absolute Gasteiger partial charge is 0.453 e. The fourth-order valence-corrected chi connectivity index (χ4v) is 5.58. The number of aromatic amines is 1. The van der Waals surface area contributed by atoms with Gasteiger partial charge in [-0.05, 0) is 42.7 Å². The summed E-state index contributed by atoms with van der Waals surface area (Å²) < 4.78 is 39.4. The van der Waals surface area contributed by atoms with Crippen molar-refractivity contribution in [3.8, 4) is 11.3 Å². The second-order valence-corrected chi connectivity index (χ2v) is 10.9. The average Bonchev–Trinajstić information content (AvgIpc) is 3.43. The molecule has 13 heteroatoms. The van der Waals surface area contributed by atoms with Crippen LogP contribution in [0.2, 0.25) is 5.02 Å². The van der Waals surface area contributed by atoms with Crippen molar-refractivity contribution in [2.24, 2.45) is 5.92 Å². The second-order valence-electron chi connectivity index (χ2n) is 10.5. The maximum atomic E-state index is 14.7. The van der Waals surface area contributed by atoms with E-state index in [1.54, 1.807) is 24.4 Å². The molecule has 3 heterocycles. The monoisotopic (exact) mass is 601 g/mol. The molecule has 1 saturated heterocycles. The maximum Gasteiger partial charge on any atom is 0.411 e. The van der Waals surface area contributed by atoms with Gasteiger partial charge in [0.1, 0.15) is 17.7 Å². The molecular weight excluding hydrogens is 572 g/mol. The number of imidazole rings is 1. The number of aromatic nitrogens is 2. The van der Waals surface area contributed by atoms with Crippen LogP contribution in [0.3, 0.4) is 0 Å². The molecule has 10 nitrogen and oxygen atoms in total. The Kier molecular flexibility index (Phi) is 8.62. The molecule has 3 N–H and O–H groups in total. The Labute approximate surface area is 245 Å². The number of anilines is 2. The van der Waals surface area contributed by atoms with Gasteiger partial charge in [-0.25, -0.2) is 23.4 Å². The van der Waals surface area contributed by atoms with Gasteiger partial charge in [0.25, 0.3) is 0 Å². The van der Waals surface area contributed by atoms with E-state index in [0.29, 0.717) is 47.7 Å². The lowest BCUT2D eigenvalue weighted by atomic mass is 9.96. The molecule has 0 spiro atoms. The highest BCUT2D eigenvalue weighted by Gasteiger charge is 2.37. The normalized spacial score (nSPS) is 21.2. The molecule has 0 radical (unpaired) electrons. The number of carbonyl (C=O) groups is 3. The maximum absolute atomic E-state index is 14.7. The Morgan fingerprint density at radius 3 is 2.76 bits per heavy atom. The molecule has 3 aromatic rings. The summed E-state index contributed by atoms with van der Waals surface area (Å²) in [5.74, 6) is -1.41. The minimum atomic E-state index is -1.12. The summed E-state index contributed by atoms with van der Waals surface area (Å²) in [5.41, 5.74) is 1.71. The van der Waals surface area contributed by atoms with Gasteiger partial charge in [0.2, 0.25) is 5.91 Å². The molecular formula is C29H30ClF2N5O5. The van der Waals surface area contributed by atoms with Crippen LogP contribution in [0.15, 0.2) is 36.5 Å². The van der Waals surface area contributed by atoms with E-state index in [1.165, 1.54) is 12.0 Å². The van der Waals surface area contributed by atoms with E-state index in [4.69, 9.17) is 16.3 Å². The lowest BCUT2D eigenvalue weighted by Gasteiger charge is -2.36. The van der Waals surface area contributed by atoms with Gasteiger partial charge in [-0.2, -0.15) is 0 Å². The molecule has 1 aromatic heterocycles. The van der Waals surface area contributed by atoms with E-state index in [1.807, 2.05) is 6.92 Å². The zero-order valence-corrected chi connectivity index (χ0v) is 23.8. The summed E-state index contributed by atoms with van der Waals surface area (Å²) >= 11 is 5.86. The smallest absolute Gasteiger partial charge is 0.411 e. The first-order chi connectivity index (χ1) is 20.1. The molecule has 3 atom stereocenters. The Hall–Kier alpha value is -4.19. The van der Waals surface area contributed by atoms with Crippen molar-refractivity contribution in [3.05, 3.63) is 64.6 Å². The number of hydrogen-bond acceptors (Lipinski definition) is 6. The topological polar surface area (TPSA) is 126 Å². The summed E-state index contributed by atoms with van der Waals surface area (Å²) in [4.78, 5) is 47.3. The number of carbonyl (C=O) groups excluding carboxylic acids is 3. The number of hydrogen-bond donors (Lipinski definition) is 3. The summed E-state index contributed by atoms with van der Waals surface area (Å²) in [6.07, 6.45) is 1.44. The standard InChI is InChI=1S/C29H30ClF2N5O5/c1-15-4-3-5-22(37-11-10-23(42-29(37)40)25-19(31)9-8-18(30)26(25)32)27-33-14-21(36-27)17-7-6-16(34-28(39)41-2)13-20(17)35-24(38)12-15/h6-9,13-15,22-23H,3-5,10-12H2,1-2H3,(H,33,36)(H,34,39)(H,35,38). The Morgan fingerprint density at radius 1 is 1.19 bits per heavy atom. The molecule has 2 aromatic carbocycles.